The molecule has 1 N–H and O–H groups in total. The fourth-order valence-corrected chi connectivity index (χ4v) is 4.80. The van der Waals surface area contributed by atoms with Crippen molar-refractivity contribution in [1.82, 2.24) is 9.97 Å². The van der Waals surface area contributed by atoms with E-state index in [1.54, 1.807) is 0 Å². The van der Waals surface area contributed by atoms with Crippen LogP contribution in [0.5, 0.6) is 0 Å². The molecule has 2 rings (SSSR count). The van der Waals surface area contributed by atoms with Crippen molar-refractivity contribution in [2.75, 3.05) is 11.9 Å². The zero-order chi connectivity index (χ0) is 15.2. The Labute approximate surface area is 146 Å². The highest BCUT2D eigenvalue weighted by Gasteiger charge is 2.18. The van der Waals surface area contributed by atoms with Crippen molar-refractivity contribution in [2.24, 2.45) is 0 Å². The maximum Gasteiger partial charge on any atom is 0.143 e. The zero-order valence-electron chi connectivity index (χ0n) is 13.3. The average molecular weight is 419 g/mol. The molecule has 0 bridgehead atoms. The van der Waals surface area contributed by atoms with Gasteiger partial charge in [-0.05, 0) is 47.8 Å². The molecule has 1 heterocycles. The smallest absolute Gasteiger partial charge is 0.143 e. The summed E-state index contributed by atoms with van der Waals surface area (Å²) in [4.78, 5) is 9.59. The van der Waals surface area contributed by atoms with Crippen molar-refractivity contribution in [3.63, 3.8) is 0 Å². The van der Waals surface area contributed by atoms with E-state index in [1.807, 2.05) is 11.8 Å². The number of aromatic nitrogens is 2. The Morgan fingerprint density at radius 2 is 2.00 bits per heavy atom. The van der Waals surface area contributed by atoms with Gasteiger partial charge in [-0.3, -0.25) is 0 Å². The predicted molar refractivity (Wildman–Crippen MR) is 101 cm³/mol. The lowest BCUT2D eigenvalue weighted by atomic mass is 10.1. The van der Waals surface area contributed by atoms with Crippen molar-refractivity contribution in [2.45, 2.75) is 69.8 Å². The molecule has 1 aromatic rings. The van der Waals surface area contributed by atoms with Crippen LogP contribution in [0.1, 0.15) is 70.3 Å². The number of hydrogen-bond donors (Lipinski definition) is 1. The van der Waals surface area contributed by atoms with Gasteiger partial charge in [0, 0.05) is 11.8 Å². The molecule has 3 nitrogen and oxygen atoms in total. The first kappa shape index (κ1) is 17.3. The summed E-state index contributed by atoms with van der Waals surface area (Å²) in [6, 6.07) is 0. The number of halogens is 1. The van der Waals surface area contributed by atoms with Gasteiger partial charge in [-0.25, -0.2) is 9.97 Å². The topological polar surface area (TPSA) is 37.8 Å². The second kappa shape index (κ2) is 8.56. The fraction of sp³-hybridized carbons (Fsp3) is 0.750. The van der Waals surface area contributed by atoms with E-state index in [0.29, 0.717) is 5.92 Å². The number of anilines is 1. The summed E-state index contributed by atoms with van der Waals surface area (Å²) in [6.07, 6.45) is 6.64. The van der Waals surface area contributed by atoms with E-state index >= 15 is 0 Å². The Hall–Kier alpha value is -0.0400. The molecule has 1 fully saturated rings. The average Bonchev–Trinajstić information content (AvgIpc) is 2.97. The number of nitrogens with zero attached hydrogens (tertiary/aromatic N) is 2. The maximum absolute atomic E-state index is 4.82. The van der Waals surface area contributed by atoms with Gasteiger partial charge in [0.1, 0.15) is 11.6 Å². The lowest BCUT2D eigenvalue weighted by Crippen LogP contribution is -2.11. The third-order valence-corrected chi connectivity index (χ3v) is 6.19. The van der Waals surface area contributed by atoms with Crippen LogP contribution in [0.2, 0.25) is 0 Å². The Kier molecular flexibility index (Phi) is 7.05. The molecule has 21 heavy (non-hydrogen) atoms. The van der Waals surface area contributed by atoms with Crippen molar-refractivity contribution < 1.29 is 0 Å². The zero-order valence-corrected chi connectivity index (χ0v) is 16.3. The highest BCUT2D eigenvalue weighted by Crippen LogP contribution is 2.32. The molecule has 118 valence electrons. The Morgan fingerprint density at radius 3 is 2.62 bits per heavy atom. The van der Waals surface area contributed by atoms with Crippen LogP contribution in [0.15, 0.2) is 0 Å². The van der Waals surface area contributed by atoms with Gasteiger partial charge in [-0.1, -0.05) is 33.6 Å². The van der Waals surface area contributed by atoms with Gasteiger partial charge in [-0.2, -0.15) is 11.8 Å². The second-order valence-corrected chi connectivity index (χ2v) is 8.35. The van der Waals surface area contributed by atoms with Gasteiger partial charge in [0.05, 0.1) is 15.0 Å². The van der Waals surface area contributed by atoms with Gasteiger partial charge < -0.3 is 5.32 Å². The molecule has 1 aromatic heterocycles. The number of hydrogen-bond acceptors (Lipinski definition) is 4. The highest BCUT2D eigenvalue weighted by atomic mass is 127. The molecule has 0 amide bonds. The van der Waals surface area contributed by atoms with Crippen molar-refractivity contribution in [3.05, 3.63) is 15.1 Å². The van der Waals surface area contributed by atoms with Gasteiger partial charge in [0.2, 0.25) is 0 Å². The molecular weight excluding hydrogens is 393 g/mol. The summed E-state index contributed by atoms with van der Waals surface area (Å²) in [5, 5.41) is 4.28. The van der Waals surface area contributed by atoms with Crippen LogP contribution < -0.4 is 5.32 Å². The van der Waals surface area contributed by atoms with Crippen LogP contribution >= 0.6 is 34.4 Å². The van der Waals surface area contributed by atoms with Gasteiger partial charge in [-0.15, -0.1) is 0 Å². The first-order valence-electron chi connectivity index (χ1n) is 8.03. The fourth-order valence-electron chi connectivity index (χ4n) is 2.57. The third-order valence-electron chi connectivity index (χ3n) is 3.76. The molecule has 0 saturated heterocycles. The number of thioether (sulfide) groups is 1. The van der Waals surface area contributed by atoms with E-state index in [0.717, 1.165) is 35.6 Å². The molecule has 0 atom stereocenters. The van der Waals surface area contributed by atoms with E-state index in [-0.39, 0.29) is 0 Å². The second-order valence-electron chi connectivity index (χ2n) is 5.99. The minimum atomic E-state index is 0.442. The number of nitrogens with one attached hydrogen (secondary N) is 1. The monoisotopic (exact) mass is 419 g/mol. The summed E-state index contributed by atoms with van der Waals surface area (Å²) < 4.78 is 1.19. The summed E-state index contributed by atoms with van der Waals surface area (Å²) >= 11 is 4.43. The first-order chi connectivity index (χ1) is 10.1. The molecule has 0 aliphatic heterocycles. The first-order valence-corrected chi connectivity index (χ1v) is 10.2. The highest BCUT2D eigenvalue weighted by molar-refractivity contribution is 14.1. The molecule has 1 aliphatic rings. The summed E-state index contributed by atoms with van der Waals surface area (Å²) in [6.45, 7) is 7.57. The predicted octanol–water partition coefficient (Wildman–Crippen LogP) is 5.20. The molecule has 5 heteroatoms. The van der Waals surface area contributed by atoms with E-state index in [1.165, 1.54) is 34.9 Å². The quantitative estimate of drug-likeness (QED) is 0.617. The molecule has 0 spiro atoms. The van der Waals surface area contributed by atoms with Crippen LogP contribution in [0.3, 0.4) is 0 Å². The van der Waals surface area contributed by atoms with Crippen LogP contribution in [0.4, 0.5) is 5.82 Å². The van der Waals surface area contributed by atoms with E-state index < -0.39 is 0 Å². The van der Waals surface area contributed by atoms with Crippen LogP contribution in [-0.2, 0) is 5.75 Å². The normalized spacial score (nSPS) is 15.9. The molecule has 0 unspecified atom stereocenters. The van der Waals surface area contributed by atoms with E-state index in [4.69, 9.17) is 9.97 Å². The lowest BCUT2D eigenvalue weighted by molar-refractivity contribution is 0.788. The van der Waals surface area contributed by atoms with Crippen molar-refractivity contribution in [3.8, 4) is 0 Å². The SMILES string of the molecule is CCCNc1nc(CSC2CCCC2)nc(C(C)C)c1I. The summed E-state index contributed by atoms with van der Waals surface area (Å²) in [5.41, 5.74) is 1.19. The summed E-state index contributed by atoms with van der Waals surface area (Å²) in [7, 11) is 0. The van der Waals surface area contributed by atoms with E-state index in [9.17, 15) is 0 Å². The minimum absolute atomic E-state index is 0.442. The van der Waals surface area contributed by atoms with Crippen LogP contribution in [0, 0.1) is 3.57 Å². The van der Waals surface area contributed by atoms with Crippen LogP contribution in [-0.4, -0.2) is 21.8 Å². The molecule has 1 aliphatic carbocycles. The molecule has 0 aromatic carbocycles. The molecule has 1 saturated carbocycles. The minimum Gasteiger partial charge on any atom is -0.369 e. The van der Waals surface area contributed by atoms with Crippen molar-refractivity contribution in [1.29, 1.82) is 0 Å². The standard InChI is InChI=1S/C16H26IN3S/c1-4-9-18-16-14(17)15(11(2)3)19-13(20-16)10-21-12-7-5-6-8-12/h11-12H,4-10H2,1-3H3,(H,18,19,20). The Bertz CT molecular complexity index is 459. The van der Waals surface area contributed by atoms with E-state index in [2.05, 4.69) is 48.7 Å². The Balaban J connectivity index is 2.12. The molecular formula is C16H26IN3S. The van der Waals surface area contributed by atoms with Crippen molar-refractivity contribution >= 4 is 40.2 Å². The summed E-state index contributed by atoms with van der Waals surface area (Å²) in [5.74, 6) is 3.41. The largest absolute Gasteiger partial charge is 0.369 e. The number of rotatable bonds is 7. The van der Waals surface area contributed by atoms with Crippen LogP contribution in [0.25, 0.3) is 0 Å². The maximum atomic E-state index is 4.82. The van der Waals surface area contributed by atoms with Gasteiger partial charge in [0.25, 0.3) is 0 Å². The van der Waals surface area contributed by atoms with Gasteiger partial charge in [0.15, 0.2) is 0 Å². The lowest BCUT2D eigenvalue weighted by Gasteiger charge is -2.15. The third kappa shape index (κ3) is 4.98. The molecule has 0 radical (unpaired) electrons. The van der Waals surface area contributed by atoms with Gasteiger partial charge >= 0.3 is 0 Å². The Morgan fingerprint density at radius 1 is 1.29 bits per heavy atom.